The number of carbonyl (C=O) groups excluding carboxylic acids is 1. The van der Waals surface area contributed by atoms with Gasteiger partial charge in [-0.2, -0.15) is 0 Å². The molecule has 1 aliphatic heterocycles. The number of halogens is 1. The molecule has 2 heterocycles. The Labute approximate surface area is 185 Å². The molecule has 0 saturated carbocycles. The number of benzene rings is 2. The van der Waals surface area contributed by atoms with E-state index in [1.165, 1.54) is 12.1 Å². The third-order valence-corrected chi connectivity index (χ3v) is 5.80. The molecule has 8 heteroatoms. The van der Waals surface area contributed by atoms with E-state index in [0.29, 0.717) is 48.3 Å². The number of rotatable bonds is 5. The highest BCUT2D eigenvalue weighted by Crippen LogP contribution is 2.37. The van der Waals surface area contributed by atoms with E-state index in [9.17, 15) is 19.5 Å². The summed E-state index contributed by atoms with van der Waals surface area (Å²) in [6.07, 6.45) is 1.32. The number of nitrogens with zero attached hydrogens (tertiary/aromatic N) is 3. The molecule has 0 bridgehead atoms. The van der Waals surface area contributed by atoms with Crippen molar-refractivity contribution in [1.29, 1.82) is 0 Å². The predicted octanol–water partition coefficient (Wildman–Crippen LogP) is 4.65. The Morgan fingerprint density at radius 3 is 2.34 bits per heavy atom. The molecule has 32 heavy (non-hydrogen) atoms. The molecular weight excluding hydrogens is 413 g/mol. The highest BCUT2D eigenvalue weighted by molar-refractivity contribution is 5.77. The van der Waals surface area contributed by atoms with E-state index in [1.54, 1.807) is 24.0 Å². The van der Waals surface area contributed by atoms with Crippen LogP contribution in [-0.2, 0) is 6.61 Å². The molecular formula is C24H26FN3O4. The summed E-state index contributed by atoms with van der Waals surface area (Å²) < 4.78 is 19.7. The maximum atomic E-state index is 13.5. The topological polar surface area (TPSA) is 90.0 Å². The summed E-state index contributed by atoms with van der Waals surface area (Å²) in [7, 11) is 0. The van der Waals surface area contributed by atoms with Gasteiger partial charge in [-0.1, -0.05) is 24.3 Å². The first-order chi connectivity index (χ1) is 15.5. The number of aliphatic hydroxyl groups is 1. The normalized spacial score (nSPS) is 14.6. The van der Waals surface area contributed by atoms with Crippen LogP contribution in [0.1, 0.15) is 37.1 Å². The Balaban J connectivity index is 1.62. The molecule has 1 aromatic heterocycles. The molecule has 7 nitrogen and oxygen atoms in total. The van der Waals surface area contributed by atoms with Gasteiger partial charge in [-0.05, 0) is 49.6 Å². The van der Waals surface area contributed by atoms with Gasteiger partial charge in [0.15, 0.2) is 11.7 Å². The molecule has 1 aliphatic rings. The summed E-state index contributed by atoms with van der Waals surface area (Å²) >= 11 is 0. The van der Waals surface area contributed by atoms with Gasteiger partial charge in [0.1, 0.15) is 11.5 Å². The van der Waals surface area contributed by atoms with Gasteiger partial charge in [0.25, 0.3) is 0 Å². The number of hydrogen-bond acceptors (Lipinski definition) is 5. The lowest BCUT2D eigenvalue weighted by Crippen LogP contribution is -2.45. The molecule has 3 aromatic rings. The molecule has 0 atom stereocenters. The van der Waals surface area contributed by atoms with Gasteiger partial charge in [0.2, 0.25) is 0 Å². The molecule has 0 radical (unpaired) electrons. The van der Waals surface area contributed by atoms with Crippen LogP contribution in [-0.4, -0.2) is 50.9 Å². The minimum absolute atomic E-state index is 0.0254. The van der Waals surface area contributed by atoms with Crippen LogP contribution in [0.5, 0.6) is 0 Å². The van der Waals surface area contributed by atoms with Crippen molar-refractivity contribution in [2.75, 3.05) is 19.6 Å². The Morgan fingerprint density at radius 2 is 1.75 bits per heavy atom. The van der Waals surface area contributed by atoms with Gasteiger partial charge in [0, 0.05) is 36.7 Å². The smallest absolute Gasteiger partial charge is 0.343 e. The summed E-state index contributed by atoms with van der Waals surface area (Å²) in [4.78, 5) is 18.6. The second-order valence-electron chi connectivity index (χ2n) is 7.85. The average Bonchev–Trinajstić information content (AvgIpc) is 3.29. The Hall–Kier alpha value is -3.23. The second kappa shape index (κ2) is 9.50. The van der Waals surface area contributed by atoms with Gasteiger partial charge < -0.3 is 14.4 Å². The van der Waals surface area contributed by atoms with Crippen molar-refractivity contribution < 1.29 is 23.9 Å². The maximum Gasteiger partial charge on any atom is 0.343 e. The standard InChI is InChI=1S/C24H26FN3O4/c1-2-28(31)24(30)27-13-11-19(12-14-27)23-26-21(17-7-9-20(25)10-8-17)22(32-23)18-5-3-16(15-29)4-6-18/h3-10,19,29,31H,2,11-15H2,1H3. The largest absolute Gasteiger partial charge is 0.440 e. The third kappa shape index (κ3) is 4.51. The summed E-state index contributed by atoms with van der Waals surface area (Å²) in [5.41, 5.74) is 2.97. The maximum absolute atomic E-state index is 13.5. The van der Waals surface area contributed by atoms with Crippen molar-refractivity contribution in [3.05, 3.63) is 65.8 Å². The summed E-state index contributed by atoms with van der Waals surface area (Å²) in [6, 6.07) is 13.1. The second-order valence-corrected chi connectivity index (χ2v) is 7.85. The Bertz CT molecular complexity index is 1060. The predicted molar refractivity (Wildman–Crippen MR) is 116 cm³/mol. The van der Waals surface area contributed by atoms with E-state index in [-0.39, 0.29) is 24.9 Å². The summed E-state index contributed by atoms with van der Waals surface area (Å²) in [5, 5.41) is 19.7. The quantitative estimate of drug-likeness (QED) is 0.446. The van der Waals surface area contributed by atoms with Crippen molar-refractivity contribution in [2.45, 2.75) is 32.3 Å². The van der Waals surface area contributed by atoms with Crippen LogP contribution in [0.15, 0.2) is 52.9 Å². The molecule has 4 rings (SSSR count). The first-order valence-corrected chi connectivity index (χ1v) is 10.7. The van der Waals surface area contributed by atoms with E-state index < -0.39 is 6.03 Å². The van der Waals surface area contributed by atoms with Crippen LogP contribution in [0.2, 0.25) is 0 Å². The van der Waals surface area contributed by atoms with E-state index in [2.05, 4.69) is 0 Å². The first kappa shape index (κ1) is 22.0. The van der Waals surface area contributed by atoms with E-state index in [0.717, 1.165) is 16.7 Å². The number of aliphatic hydroxyl groups excluding tert-OH is 1. The SMILES string of the molecule is CCN(O)C(=O)N1CCC(c2nc(-c3ccc(F)cc3)c(-c3ccc(CO)cc3)o2)CC1. The molecule has 0 spiro atoms. The van der Waals surface area contributed by atoms with E-state index in [4.69, 9.17) is 9.40 Å². The molecule has 0 aliphatic carbocycles. The highest BCUT2D eigenvalue weighted by Gasteiger charge is 2.30. The minimum Gasteiger partial charge on any atom is -0.440 e. The van der Waals surface area contributed by atoms with Crippen LogP contribution in [0, 0.1) is 5.82 Å². The number of piperidine rings is 1. The van der Waals surface area contributed by atoms with Gasteiger partial charge in [-0.15, -0.1) is 0 Å². The molecule has 1 saturated heterocycles. The molecule has 2 aromatic carbocycles. The summed E-state index contributed by atoms with van der Waals surface area (Å²) in [5.74, 6) is 0.863. The zero-order chi connectivity index (χ0) is 22.7. The van der Waals surface area contributed by atoms with E-state index in [1.807, 2.05) is 24.3 Å². The molecule has 1 fully saturated rings. The number of urea groups is 1. The highest BCUT2D eigenvalue weighted by atomic mass is 19.1. The van der Waals surface area contributed by atoms with Crippen LogP contribution in [0.3, 0.4) is 0 Å². The summed E-state index contributed by atoms with van der Waals surface area (Å²) in [6.45, 7) is 2.89. The zero-order valence-corrected chi connectivity index (χ0v) is 17.9. The van der Waals surface area contributed by atoms with Crippen LogP contribution in [0.4, 0.5) is 9.18 Å². The van der Waals surface area contributed by atoms with Crippen molar-refractivity contribution in [3.63, 3.8) is 0 Å². The van der Waals surface area contributed by atoms with Crippen molar-refractivity contribution >= 4 is 6.03 Å². The number of carbonyl (C=O) groups is 1. The number of oxazole rings is 1. The first-order valence-electron chi connectivity index (χ1n) is 10.7. The Morgan fingerprint density at radius 1 is 1.12 bits per heavy atom. The molecule has 2 amide bonds. The number of hydrogen-bond donors (Lipinski definition) is 2. The molecule has 0 unspecified atom stereocenters. The Kier molecular flexibility index (Phi) is 6.53. The fourth-order valence-electron chi connectivity index (χ4n) is 3.89. The van der Waals surface area contributed by atoms with Gasteiger partial charge in [-0.25, -0.2) is 19.2 Å². The van der Waals surface area contributed by atoms with Crippen molar-refractivity contribution in [2.24, 2.45) is 0 Å². The fraction of sp³-hybridized carbons (Fsp3) is 0.333. The van der Waals surface area contributed by atoms with Crippen molar-refractivity contribution in [3.8, 4) is 22.6 Å². The van der Waals surface area contributed by atoms with Crippen LogP contribution < -0.4 is 0 Å². The van der Waals surface area contributed by atoms with Crippen LogP contribution >= 0.6 is 0 Å². The lowest BCUT2D eigenvalue weighted by molar-refractivity contribution is -0.0543. The van der Waals surface area contributed by atoms with Gasteiger partial charge >= 0.3 is 6.03 Å². The number of aromatic nitrogens is 1. The molecule has 2 N–H and O–H groups in total. The zero-order valence-electron chi connectivity index (χ0n) is 17.9. The minimum atomic E-state index is -0.394. The van der Waals surface area contributed by atoms with Crippen LogP contribution in [0.25, 0.3) is 22.6 Å². The fourth-order valence-corrected chi connectivity index (χ4v) is 3.89. The number of likely N-dealkylation sites (tertiary alicyclic amines) is 1. The third-order valence-electron chi connectivity index (χ3n) is 5.80. The monoisotopic (exact) mass is 439 g/mol. The van der Waals surface area contributed by atoms with Gasteiger partial charge in [-0.3, -0.25) is 5.21 Å². The number of hydroxylamine groups is 2. The lowest BCUT2D eigenvalue weighted by atomic mass is 9.97. The number of amides is 2. The average molecular weight is 439 g/mol. The van der Waals surface area contributed by atoms with E-state index >= 15 is 0 Å². The molecule has 168 valence electrons. The van der Waals surface area contributed by atoms with Gasteiger partial charge in [0.05, 0.1) is 6.61 Å². The lowest BCUT2D eigenvalue weighted by Gasteiger charge is -2.32. The van der Waals surface area contributed by atoms with Crippen molar-refractivity contribution in [1.82, 2.24) is 14.9 Å².